The molecule has 1 heterocycles. The minimum absolute atomic E-state index is 0.0551. The highest BCUT2D eigenvalue weighted by molar-refractivity contribution is 7.79. The maximum absolute atomic E-state index is 12.3. The molecule has 0 radical (unpaired) electrons. The Labute approximate surface area is 121 Å². The molecule has 0 unspecified atom stereocenters. The fourth-order valence-electron chi connectivity index (χ4n) is 2.66. The summed E-state index contributed by atoms with van der Waals surface area (Å²) in [5.74, 6) is 0. The molecule has 0 spiro atoms. The van der Waals surface area contributed by atoms with Crippen LogP contribution >= 0.6 is 6.89 Å². The summed E-state index contributed by atoms with van der Waals surface area (Å²) in [5, 5.41) is 3.17. The molecule has 2 rings (SSSR count). The van der Waals surface area contributed by atoms with Gasteiger partial charge in [-0.25, -0.2) is 0 Å². The summed E-state index contributed by atoms with van der Waals surface area (Å²) in [6.07, 6.45) is 6.28. The number of pyridine rings is 1. The van der Waals surface area contributed by atoms with Gasteiger partial charge in [-0.15, -0.1) is 0 Å². The van der Waals surface area contributed by atoms with Gasteiger partial charge in [-0.05, 0) is 47.1 Å². The van der Waals surface area contributed by atoms with E-state index in [9.17, 15) is 4.79 Å². The van der Waals surface area contributed by atoms with Crippen molar-refractivity contribution in [3.63, 3.8) is 0 Å². The second-order valence-electron chi connectivity index (χ2n) is 7.09. The standard InChI is InChI=1S/C17H24NOP/c1-17(2,3)14-9-8-13-12(15(14)20(5,6)7)10-11-18(4)16(13)19/h8-11H,5H2,1-4,6-7H3. The van der Waals surface area contributed by atoms with Crippen molar-refractivity contribution in [2.45, 2.75) is 26.2 Å². The third-order valence-corrected chi connectivity index (χ3v) is 5.34. The number of fused-ring (bicyclic) bond motifs is 1. The predicted octanol–water partition coefficient (Wildman–Crippen LogP) is 3.17. The summed E-state index contributed by atoms with van der Waals surface area (Å²) < 4.78 is 1.64. The van der Waals surface area contributed by atoms with Crippen LogP contribution in [0.2, 0.25) is 0 Å². The molecule has 3 heteroatoms. The van der Waals surface area contributed by atoms with Crippen LogP contribution in [0.25, 0.3) is 10.8 Å². The van der Waals surface area contributed by atoms with Crippen molar-refractivity contribution in [3.8, 4) is 0 Å². The van der Waals surface area contributed by atoms with E-state index in [4.69, 9.17) is 0 Å². The minimum atomic E-state index is -1.48. The molecule has 0 saturated heterocycles. The van der Waals surface area contributed by atoms with Gasteiger partial charge in [-0.1, -0.05) is 40.0 Å². The van der Waals surface area contributed by atoms with Crippen molar-refractivity contribution in [1.82, 2.24) is 4.57 Å². The molecule has 0 N–H and O–H groups in total. The minimum Gasteiger partial charge on any atom is -0.318 e. The number of aryl methyl sites for hydroxylation is 1. The molecule has 0 amide bonds. The first-order valence-corrected chi connectivity index (χ1v) is 9.72. The van der Waals surface area contributed by atoms with E-state index in [0.29, 0.717) is 0 Å². The van der Waals surface area contributed by atoms with Gasteiger partial charge < -0.3 is 4.57 Å². The number of benzene rings is 1. The normalized spacial score (nSPS) is 12.9. The lowest BCUT2D eigenvalue weighted by Gasteiger charge is -2.28. The summed E-state index contributed by atoms with van der Waals surface area (Å²) in [7, 11) is 1.80. The van der Waals surface area contributed by atoms with Crippen LogP contribution < -0.4 is 10.9 Å². The third kappa shape index (κ3) is 2.50. The molecular formula is C17H24NOP. The van der Waals surface area contributed by atoms with Gasteiger partial charge in [0.2, 0.25) is 0 Å². The highest BCUT2D eigenvalue weighted by Gasteiger charge is 2.23. The fraction of sp³-hybridized carbons (Fsp3) is 0.412. The fourth-order valence-corrected chi connectivity index (χ4v) is 4.57. The first-order chi connectivity index (χ1) is 9.03. The van der Waals surface area contributed by atoms with Crippen molar-refractivity contribution < 1.29 is 0 Å². The Hall–Kier alpha value is -1.27. The summed E-state index contributed by atoms with van der Waals surface area (Å²) in [4.78, 5) is 12.3. The molecule has 1 aromatic carbocycles. The Balaban J connectivity index is 3.05. The van der Waals surface area contributed by atoms with Crippen LogP contribution in [-0.4, -0.2) is 24.2 Å². The summed E-state index contributed by atoms with van der Waals surface area (Å²) in [5.41, 5.74) is 1.43. The van der Waals surface area contributed by atoms with Gasteiger partial charge in [0.1, 0.15) is 0 Å². The third-order valence-electron chi connectivity index (χ3n) is 3.65. The summed E-state index contributed by atoms with van der Waals surface area (Å²) in [6, 6.07) is 6.15. The molecule has 108 valence electrons. The summed E-state index contributed by atoms with van der Waals surface area (Å²) >= 11 is 0. The first kappa shape index (κ1) is 15.1. The number of hydrogen-bond donors (Lipinski definition) is 0. The van der Waals surface area contributed by atoms with Crippen LogP contribution in [0.4, 0.5) is 0 Å². The Bertz CT molecular complexity index is 772. The molecule has 0 aliphatic rings. The van der Waals surface area contributed by atoms with Gasteiger partial charge in [0.25, 0.3) is 5.56 Å². The molecule has 0 fully saturated rings. The van der Waals surface area contributed by atoms with E-state index in [0.717, 1.165) is 10.8 Å². The quantitative estimate of drug-likeness (QED) is 0.739. The topological polar surface area (TPSA) is 22.0 Å². The first-order valence-electron chi connectivity index (χ1n) is 6.85. The highest BCUT2D eigenvalue weighted by Crippen LogP contribution is 2.41. The molecule has 1 aromatic heterocycles. The van der Waals surface area contributed by atoms with E-state index < -0.39 is 6.89 Å². The van der Waals surface area contributed by atoms with Crippen LogP contribution in [0.5, 0.6) is 0 Å². The Morgan fingerprint density at radius 3 is 2.20 bits per heavy atom. The van der Waals surface area contributed by atoms with Crippen molar-refractivity contribution in [2.75, 3.05) is 13.3 Å². The number of nitrogens with zero attached hydrogens (tertiary/aromatic N) is 1. The van der Waals surface area contributed by atoms with E-state index in [-0.39, 0.29) is 11.0 Å². The Morgan fingerprint density at radius 1 is 1.10 bits per heavy atom. The van der Waals surface area contributed by atoms with E-state index in [1.165, 1.54) is 10.9 Å². The lowest BCUT2D eigenvalue weighted by molar-refractivity contribution is 0.595. The maximum Gasteiger partial charge on any atom is 0.258 e. The van der Waals surface area contributed by atoms with E-state index in [2.05, 4.69) is 52.5 Å². The average molecular weight is 289 g/mol. The van der Waals surface area contributed by atoms with Crippen LogP contribution in [-0.2, 0) is 12.5 Å². The zero-order chi connectivity index (χ0) is 15.3. The second-order valence-corrected chi connectivity index (χ2v) is 10.9. The molecule has 2 nitrogen and oxygen atoms in total. The van der Waals surface area contributed by atoms with Gasteiger partial charge in [0.05, 0.1) is 0 Å². The van der Waals surface area contributed by atoms with Crippen molar-refractivity contribution in [2.24, 2.45) is 7.05 Å². The smallest absolute Gasteiger partial charge is 0.258 e. The van der Waals surface area contributed by atoms with Gasteiger partial charge in [0.15, 0.2) is 0 Å². The van der Waals surface area contributed by atoms with E-state index >= 15 is 0 Å². The van der Waals surface area contributed by atoms with Gasteiger partial charge in [-0.2, -0.15) is 0 Å². The molecule has 20 heavy (non-hydrogen) atoms. The van der Waals surface area contributed by atoms with Gasteiger partial charge in [0, 0.05) is 18.6 Å². The monoisotopic (exact) mass is 289 g/mol. The molecule has 0 atom stereocenters. The largest absolute Gasteiger partial charge is 0.318 e. The van der Waals surface area contributed by atoms with Crippen molar-refractivity contribution in [3.05, 3.63) is 40.3 Å². The van der Waals surface area contributed by atoms with Crippen LogP contribution in [0.3, 0.4) is 0 Å². The maximum atomic E-state index is 12.3. The molecule has 0 bridgehead atoms. The molecule has 2 aromatic rings. The number of aromatic nitrogens is 1. The van der Waals surface area contributed by atoms with Gasteiger partial charge >= 0.3 is 0 Å². The zero-order valence-corrected chi connectivity index (χ0v) is 14.2. The SMILES string of the molecule is C=P(C)(C)c1c(C(C)(C)C)ccc2c(=O)n(C)ccc12. The van der Waals surface area contributed by atoms with Crippen molar-refractivity contribution in [1.29, 1.82) is 0 Å². The van der Waals surface area contributed by atoms with Gasteiger partial charge in [-0.3, -0.25) is 4.79 Å². The van der Waals surface area contributed by atoms with E-state index in [1.807, 2.05) is 12.3 Å². The van der Waals surface area contributed by atoms with Crippen LogP contribution in [0.1, 0.15) is 26.3 Å². The Morgan fingerprint density at radius 2 is 1.70 bits per heavy atom. The summed E-state index contributed by atoms with van der Waals surface area (Å²) in [6.45, 7) is 9.60. The number of rotatable bonds is 1. The predicted molar refractivity (Wildman–Crippen MR) is 93.4 cm³/mol. The second kappa shape index (κ2) is 4.63. The number of hydrogen-bond acceptors (Lipinski definition) is 1. The van der Waals surface area contributed by atoms with Crippen LogP contribution in [0.15, 0.2) is 29.2 Å². The zero-order valence-electron chi connectivity index (χ0n) is 13.3. The van der Waals surface area contributed by atoms with E-state index in [1.54, 1.807) is 11.6 Å². The molecular weight excluding hydrogens is 265 g/mol. The molecule has 0 aliphatic heterocycles. The molecule has 0 aliphatic carbocycles. The lowest BCUT2D eigenvalue weighted by atomic mass is 9.86. The Kier molecular flexibility index (Phi) is 3.50. The highest BCUT2D eigenvalue weighted by atomic mass is 31.2. The average Bonchev–Trinajstić information content (AvgIpc) is 2.30. The van der Waals surface area contributed by atoms with Crippen molar-refractivity contribution >= 4 is 29.3 Å². The molecule has 0 saturated carbocycles. The van der Waals surface area contributed by atoms with Crippen LogP contribution in [0, 0.1) is 0 Å². The lowest BCUT2D eigenvalue weighted by Crippen LogP contribution is -2.26.